The number of anilines is 1. The SMILES string of the molecule is CCc1ccc(C)nc1NS(=O)(=O)O. The fraction of sp³-hybridized carbons (Fsp3) is 0.375. The summed E-state index contributed by atoms with van der Waals surface area (Å²) in [6, 6.07) is 3.56. The molecule has 1 aromatic rings. The van der Waals surface area contributed by atoms with E-state index in [1.807, 2.05) is 11.6 Å². The molecule has 0 radical (unpaired) electrons. The molecule has 0 fully saturated rings. The van der Waals surface area contributed by atoms with Crippen LogP contribution in [0.1, 0.15) is 18.2 Å². The summed E-state index contributed by atoms with van der Waals surface area (Å²) in [6.45, 7) is 3.62. The molecule has 0 unspecified atom stereocenters. The van der Waals surface area contributed by atoms with E-state index in [0.717, 1.165) is 5.56 Å². The van der Waals surface area contributed by atoms with Crippen LogP contribution in [0.3, 0.4) is 0 Å². The van der Waals surface area contributed by atoms with Crippen LogP contribution in [0.2, 0.25) is 0 Å². The molecule has 0 aliphatic carbocycles. The van der Waals surface area contributed by atoms with Crippen molar-refractivity contribution in [2.24, 2.45) is 0 Å². The molecule has 5 nitrogen and oxygen atoms in total. The zero-order valence-electron chi connectivity index (χ0n) is 7.98. The maximum absolute atomic E-state index is 10.6. The summed E-state index contributed by atoms with van der Waals surface area (Å²) in [5.41, 5.74) is 1.43. The quantitative estimate of drug-likeness (QED) is 0.743. The van der Waals surface area contributed by atoms with Gasteiger partial charge in [0.05, 0.1) is 0 Å². The lowest BCUT2D eigenvalue weighted by Crippen LogP contribution is -2.13. The molecule has 0 saturated heterocycles. The molecule has 0 aromatic carbocycles. The Morgan fingerprint density at radius 2 is 2.14 bits per heavy atom. The summed E-state index contributed by atoms with van der Waals surface area (Å²) in [5, 5.41) is 0. The maximum atomic E-state index is 10.6. The maximum Gasteiger partial charge on any atom is 0.358 e. The predicted molar refractivity (Wildman–Crippen MR) is 53.5 cm³/mol. The fourth-order valence-corrected chi connectivity index (χ4v) is 1.50. The summed E-state index contributed by atoms with van der Waals surface area (Å²) in [5.74, 6) is 0.190. The van der Waals surface area contributed by atoms with Crippen LogP contribution in [-0.4, -0.2) is 18.0 Å². The van der Waals surface area contributed by atoms with E-state index in [-0.39, 0.29) is 5.82 Å². The van der Waals surface area contributed by atoms with Gasteiger partial charge in [-0.2, -0.15) is 8.42 Å². The van der Waals surface area contributed by atoms with Gasteiger partial charge in [0.2, 0.25) is 0 Å². The van der Waals surface area contributed by atoms with Gasteiger partial charge in [-0.1, -0.05) is 13.0 Å². The van der Waals surface area contributed by atoms with Crippen molar-refractivity contribution in [3.8, 4) is 0 Å². The minimum absolute atomic E-state index is 0.190. The zero-order chi connectivity index (χ0) is 10.8. The van der Waals surface area contributed by atoms with Gasteiger partial charge in [0.15, 0.2) is 0 Å². The van der Waals surface area contributed by atoms with Crippen molar-refractivity contribution in [1.82, 2.24) is 4.98 Å². The lowest BCUT2D eigenvalue weighted by Gasteiger charge is -2.07. The highest BCUT2D eigenvalue weighted by molar-refractivity contribution is 7.87. The van der Waals surface area contributed by atoms with Crippen LogP contribution in [0.25, 0.3) is 0 Å². The minimum atomic E-state index is -4.24. The van der Waals surface area contributed by atoms with Crippen molar-refractivity contribution in [3.63, 3.8) is 0 Å². The van der Waals surface area contributed by atoms with Gasteiger partial charge in [0.25, 0.3) is 0 Å². The molecule has 0 aliphatic rings. The fourth-order valence-electron chi connectivity index (χ4n) is 1.08. The molecule has 78 valence electrons. The summed E-state index contributed by atoms with van der Waals surface area (Å²) in [6.07, 6.45) is 0.644. The van der Waals surface area contributed by atoms with Crippen LogP contribution in [0.5, 0.6) is 0 Å². The Hall–Kier alpha value is -1.14. The van der Waals surface area contributed by atoms with E-state index in [1.165, 1.54) is 0 Å². The van der Waals surface area contributed by atoms with E-state index in [9.17, 15) is 8.42 Å². The number of pyridine rings is 1. The highest BCUT2D eigenvalue weighted by Crippen LogP contribution is 2.14. The molecule has 2 N–H and O–H groups in total. The average molecular weight is 216 g/mol. The van der Waals surface area contributed by atoms with E-state index >= 15 is 0 Å². The van der Waals surface area contributed by atoms with Crippen LogP contribution in [0.4, 0.5) is 5.82 Å². The van der Waals surface area contributed by atoms with Crippen molar-refractivity contribution in [1.29, 1.82) is 0 Å². The molecule has 0 aliphatic heterocycles. The monoisotopic (exact) mass is 216 g/mol. The van der Waals surface area contributed by atoms with Crippen molar-refractivity contribution < 1.29 is 13.0 Å². The van der Waals surface area contributed by atoms with Gasteiger partial charge in [0, 0.05) is 5.69 Å². The van der Waals surface area contributed by atoms with Gasteiger partial charge in [0.1, 0.15) is 5.82 Å². The van der Waals surface area contributed by atoms with Gasteiger partial charge < -0.3 is 0 Å². The van der Waals surface area contributed by atoms with Gasteiger partial charge in [-0.3, -0.25) is 4.55 Å². The highest BCUT2D eigenvalue weighted by atomic mass is 32.2. The second-order valence-corrected chi connectivity index (χ2v) is 4.05. The number of hydrogen-bond acceptors (Lipinski definition) is 3. The third-order valence-electron chi connectivity index (χ3n) is 1.72. The van der Waals surface area contributed by atoms with E-state index in [2.05, 4.69) is 4.98 Å². The minimum Gasteiger partial charge on any atom is -0.269 e. The molecular weight excluding hydrogens is 204 g/mol. The smallest absolute Gasteiger partial charge is 0.269 e. The molecule has 1 aromatic heterocycles. The summed E-state index contributed by atoms with van der Waals surface area (Å²) >= 11 is 0. The Morgan fingerprint density at radius 1 is 1.50 bits per heavy atom. The first-order valence-corrected chi connectivity index (χ1v) is 5.58. The van der Waals surface area contributed by atoms with Gasteiger partial charge in [-0.05, 0) is 25.0 Å². The summed E-state index contributed by atoms with van der Waals surface area (Å²) in [7, 11) is -4.24. The summed E-state index contributed by atoms with van der Waals surface area (Å²) < 4.78 is 31.7. The van der Waals surface area contributed by atoms with Crippen molar-refractivity contribution in [2.45, 2.75) is 20.3 Å². The predicted octanol–water partition coefficient (Wildman–Crippen LogP) is 1.17. The van der Waals surface area contributed by atoms with Crippen LogP contribution in [0.15, 0.2) is 12.1 Å². The summed E-state index contributed by atoms with van der Waals surface area (Å²) in [4.78, 5) is 3.98. The highest BCUT2D eigenvalue weighted by Gasteiger charge is 2.09. The topological polar surface area (TPSA) is 79.3 Å². The molecule has 0 amide bonds. The lowest BCUT2D eigenvalue weighted by atomic mass is 10.2. The van der Waals surface area contributed by atoms with E-state index in [0.29, 0.717) is 12.1 Å². The van der Waals surface area contributed by atoms with E-state index in [4.69, 9.17) is 4.55 Å². The van der Waals surface area contributed by atoms with Gasteiger partial charge >= 0.3 is 10.3 Å². The molecule has 0 atom stereocenters. The molecule has 0 bridgehead atoms. The van der Waals surface area contributed by atoms with Crippen LogP contribution >= 0.6 is 0 Å². The van der Waals surface area contributed by atoms with Crippen molar-refractivity contribution >= 4 is 16.1 Å². The van der Waals surface area contributed by atoms with E-state index < -0.39 is 10.3 Å². The molecule has 1 heterocycles. The first kappa shape index (κ1) is 10.9. The number of nitrogens with zero attached hydrogens (tertiary/aromatic N) is 1. The first-order valence-electron chi connectivity index (χ1n) is 4.14. The zero-order valence-corrected chi connectivity index (χ0v) is 8.80. The van der Waals surface area contributed by atoms with Gasteiger partial charge in [-0.15, -0.1) is 0 Å². The number of aromatic nitrogens is 1. The molecule has 0 spiro atoms. The van der Waals surface area contributed by atoms with E-state index in [1.54, 1.807) is 19.1 Å². The second-order valence-electron chi connectivity index (χ2n) is 2.89. The average Bonchev–Trinajstić information content (AvgIpc) is 2.01. The lowest BCUT2D eigenvalue weighted by molar-refractivity contribution is 0.489. The van der Waals surface area contributed by atoms with Crippen LogP contribution in [0, 0.1) is 6.92 Å². The van der Waals surface area contributed by atoms with Crippen molar-refractivity contribution in [2.75, 3.05) is 4.72 Å². The molecule has 1 rings (SSSR count). The van der Waals surface area contributed by atoms with Crippen LogP contribution in [-0.2, 0) is 16.7 Å². The Balaban J connectivity index is 3.11. The van der Waals surface area contributed by atoms with Crippen LogP contribution < -0.4 is 4.72 Å². The Kier molecular flexibility index (Phi) is 3.07. The Labute approximate surface area is 83.1 Å². The third-order valence-corrected chi connectivity index (χ3v) is 2.18. The molecular formula is C8H12N2O3S. The number of nitrogens with one attached hydrogen (secondary N) is 1. The molecule has 0 saturated carbocycles. The Bertz CT molecular complexity index is 428. The standard InChI is InChI=1S/C8H12N2O3S/c1-3-7-5-4-6(2)9-8(7)10-14(11,12)13/h4-5H,3H2,1-2H3,(H,9,10)(H,11,12,13). The molecule has 6 heteroatoms. The van der Waals surface area contributed by atoms with Gasteiger partial charge in [-0.25, -0.2) is 9.71 Å². The number of hydrogen-bond donors (Lipinski definition) is 2. The first-order chi connectivity index (χ1) is 6.42. The molecule has 14 heavy (non-hydrogen) atoms. The largest absolute Gasteiger partial charge is 0.358 e. The second kappa shape index (κ2) is 3.93. The normalized spacial score (nSPS) is 11.4. The third kappa shape index (κ3) is 2.97. The number of aryl methyl sites for hydroxylation is 2. The Morgan fingerprint density at radius 3 is 2.64 bits per heavy atom. The van der Waals surface area contributed by atoms with Crippen molar-refractivity contribution in [3.05, 3.63) is 23.4 Å². The number of rotatable bonds is 3.